The molecule has 2 aromatic rings. The predicted molar refractivity (Wildman–Crippen MR) is 96.5 cm³/mol. The Morgan fingerprint density at radius 2 is 1.96 bits per heavy atom. The fraction of sp³-hybridized carbons (Fsp3) is 0.250. The molecule has 2 N–H and O–H groups in total. The Morgan fingerprint density at radius 1 is 1.17 bits per heavy atom. The lowest BCUT2D eigenvalue weighted by Crippen LogP contribution is -2.18. The molecular weight excluding hydrogens is 301 g/mol. The first-order chi connectivity index (χ1) is 11.5. The Morgan fingerprint density at radius 3 is 2.62 bits per heavy atom. The summed E-state index contributed by atoms with van der Waals surface area (Å²) >= 11 is 0. The Bertz CT molecular complexity index is 808. The van der Waals surface area contributed by atoms with Gasteiger partial charge >= 0.3 is 0 Å². The highest BCUT2D eigenvalue weighted by atomic mass is 19.1. The number of aryl methyl sites for hydroxylation is 1. The number of hydrogen-bond acceptors (Lipinski definition) is 3. The third-order valence-corrected chi connectivity index (χ3v) is 4.17. The van der Waals surface area contributed by atoms with Crippen LogP contribution in [0.15, 0.2) is 64.8 Å². The molecule has 2 aromatic carbocycles. The average Bonchev–Trinajstić information content (AvgIpc) is 2.88. The van der Waals surface area contributed by atoms with Crippen LogP contribution < -0.4 is 5.73 Å². The molecule has 0 bridgehead atoms. The summed E-state index contributed by atoms with van der Waals surface area (Å²) < 4.78 is 14.3. The van der Waals surface area contributed by atoms with Crippen molar-refractivity contribution in [3.05, 3.63) is 82.3 Å². The number of aliphatic imine (C=N–C) groups is 1. The summed E-state index contributed by atoms with van der Waals surface area (Å²) in [5.74, 6) is -0.268. The summed E-state index contributed by atoms with van der Waals surface area (Å²) in [6, 6.07) is 15.0. The average molecular weight is 323 g/mol. The molecule has 0 spiro atoms. The maximum Gasteiger partial charge on any atom is 0.132 e. The van der Waals surface area contributed by atoms with Crippen molar-refractivity contribution >= 4 is 5.71 Å². The quantitative estimate of drug-likeness (QED) is 0.877. The van der Waals surface area contributed by atoms with Crippen molar-refractivity contribution < 1.29 is 4.39 Å². The minimum atomic E-state index is -0.268. The molecule has 124 valence electrons. The lowest BCUT2D eigenvalue weighted by atomic mass is 10.0. The Hall–Kier alpha value is -2.46. The zero-order valence-electron chi connectivity index (χ0n) is 14.1. The largest absolute Gasteiger partial charge is 0.401 e. The van der Waals surface area contributed by atoms with E-state index in [1.165, 1.54) is 11.6 Å². The van der Waals surface area contributed by atoms with Crippen LogP contribution >= 0.6 is 0 Å². The lowest BCUT2D eigenvalue weighted by Gasteiger charge is -2.12. The van der Waals surface area contributed by atoms with Crippen LogP contribution in [0.25, 0.3) is 0 Å². The van der Waals surface area contributed by atoms with E-state index in [4.69, 9.17) is 10.7 Å². The van der Waals surface area contributed by atoms with E-state index in [1.807, 2.05) is 25.2 Å². The molecule has 3 rings (SSSR count). The molecule has 0 saturated heterocycles. The van der Waals surface area contributed by atoms with Gasteiger partial charge in [-0.25, -0.2) is 4.39 Å². The molecule has 1 aliphatic rings. The Labute approximate surface area is 142 Å². The Balaban J connectivity index is 2.01. The number of hydrogen-bond donors (Lipinski definition) is 1. The molecule has 0 aliphatic carbocycles. The van der Waals surface area contributed by atoms with E-state index in [0.29, 0.717) is 30.9 Å². The third-order valence-electron chi connectivity index (χ3n) is 4.17. The van der Waals surface area contributed by atoms with Gasteiger partial charge in [-0.15, -0.1) is 0 Å². The summed E-state index contributed by atoms with van der Waals surface area (Å²) in [6.45, 7) is 3.93. The highest BCUT2D eigenvalue weighted by molar-refractivity contribution is 6.13. The van der Waals surface area contributed by atoms with Crippen LogP contribution in [-0.2, 0) is 6.54 Å². The van der Waals surface area contributed by atoms with Crippen molar-refractivity contribution in [1.29, 1.82) is 0 Å². The van der Waals surface area contributed by atoms with Gasteiger partial charge < -0.3 is 5.73 Å². The minimum absolute atomic E-state index is 0.268. The smallest absolute Gasteiger partial charge is 0.132 e. The van der Waals surface area contributed by atoms with Gasteiger partial charge in [-0.3, -0.25) is 9.89 Å². The molecule has 0 atom stereocenters. The number of likely N-dealkylation sites (N-methyl/N-ethyl adjacent to an activating group) is 1. The van der Waals surface area contributed by atoms with Gasteiger partial charge in [-0.1, -0.05) is 42.0 Å². The van der Waals surface area contributed by atoms with Crippen LogP contribution in [0.2, 0.25) is 0 Å². The van der Waals surface area contributed by atoms with Gasteiger partial charge in [0.05, 0.1) is 12.3 Å². The molecule has 0 fully saturated rings. The zero-order valence-corrected chi connectivity index (χ0v) is 14.1. The second-order valence-corrected chi connectivity index (χ2v) is 6.31. The molecule has 1 heterocycles. The minimum Gasteiger partial charge on any atom is -0.401 e. The number of rotatable bonds is 4. The molecule has 3 nitrogen and oxygen atoms in total. The van der Waals surface area contributed by atoms with Crippen molar-refractivity contribution in [3.63, 3.8) is 0 Å². The normalized spacial score (nSPS) is 16.0. The van der Waals surface area contributed by atoms with E-state index in [-0.39, 0.29) is 5.82 Å². The SMILES string of the molecule is Cc1cccc(CN=C(C2=C(N)CN(C)C2)c2ccccc2F)c1. The highest BCUT2D eigenvalue weighted by Gasteiger charge is 2.23. The molecule has 24 heavy (non-hydrogen) atoms. The molecule has 1 aliphatic heterocycles. The first-order valence-electron chi connectivity index (χ1n) is 8.06. The number of halogens is 1. The van der Waals surface area contributed by atoms with Crippen LogP contribution in [0.4, 0.5) is 4.39 Å². The molecular formula is C20H22FN3. The van der Waals surface area contributed by atoms with E-state index in [2.05, 4.69) is 24.0 Å². The van der Waals surface area contributed by atoms with E-state index in [0.717, 1.165) is 16.8 Å². The first-order valence-corrected chi connectivity index (χ1v) is 8.06. The van der Waals surface area contributed by atoms with E-state index < -0.39 is 0 Å². The summed E-state index contributed by atoms with van der Waals surface area (Å²) in [4.78, 5) is 6.85. The van der Waals surface area contributed by atoms with Gasteiger partial charge in [0, 0.05) is 29.9 Å². The van der Waals surface area contributed by atoms with E-state index >= 15 is 0 Å². The molecule has 0 saturated carbocycles. The number of nitrogens with two attached hydrogens (primary N) is 1. The van der Waals surface area contributed by atoms with Gasteiger partial charge in [0.1, 0.15) is 5.82 Å². The van der Waals surface area contributed by atoms with Crippen LogP contribution in [-0.4, -0.2) is 30.7 Å². The molecule has 4 heteroatoms. The van der Waals surface area contributed by atoms with Crippen molar-refractivity contribution in [2.24, 2.45) is 10.7 Å². The lowest BCUT2D eigenvalue weighted by molar-refractivity contribution is 0.426. The van der Waals surface area contributed by atoms with Crippen LogP contribution in [0.3, 0.4) is 0 Å². The molecule has 0 unspecified atom stereocenters. The van der Waals surface area contributed by atoms with Gasteiger partial charge in [0.15, 0.2) is 0 Å². The second-order valence-electron chi connectivity index (χ2n) is 6.31. The third kappa shape index (κ3) is 3.54. The summed E-state index contributed by atoms with van der Waals surface area (Å²) in [5.41, 5.74) is 11.3. The fourth-order valence-corrected chi connectivity index (χ4v) is 3.02. The molecule has 0 radical (unpaired) electrons. The summed E-state index contributed by atoms with van der Waals surface area (Å²) in [6.07, 6.45) is 0. The van der Waals surface area contributed by atoms with E-state index in [9.17, 15) is 4.39 Å². The number of benzene rings is 2. The van der Waals surface area contributed by atoms with Crippen molar-refractivity contribution in [1.82, 2.24) is 4.90 Å². The van der Waals surface area contributed by atoms with Crippen LogP contribution in [0, 0.1) is 12.7 Å². The second kappa shape index (κ2) is 6.97. The highest BCUT2D eigenvalue weighted by Crippen LogP contribution is 2.21. The molecule has 0 amide bonds. The van der Waals surface area contributed by atoms with Crippen LogP contribution in [0.5, 0.6) is 0 Å². The maximum atomic E-state index is 14.3. The predicted octanol–water partition coefficient (Wildman–Crippen LogP) is 3.28. The monoisotopic (exact) mass is 323 g/mol. The van der Waals surface area contributed by atoms with Crippen molar-refractivity contribution in [3.8, 4) is 0 Å². The maximum absolute atomic E-state index is 14.3. The molecule has 0 aromatic heterocycles. The first kappa shape index (κ1) is 16.4. The summed E-state index contributed by atoms with van der Waals surface area (Å²) in [5, 5.41) is 0. The van der Waals surface area contributed by atoms with Crippen molar-refractivity contribution in [2.75, 3.05) is 20.1 Å². The van der Waals surface area contributed by atoms with Gasteiger partial charge in [-0.05, 0) is 31.7 Å². The van der Waals surface area contributed by atoms with Crippen molar-refractivity contribution in [2.45, 2.75) is 13.5 Å². The van der Waals surface area contributed by atoms with Gasteiger partial charge in [-0.2, -0.15) is 0 Å². The van der Waals surface area contributed by atoms with E-state index in [1.54, 1.807) is 12.1 Å². The fourth-order valence-electron chi connectivity index (χ4n) is 3.02. The van der Waals surface area contributed by atoms with Crippen LogP contribution in [0.1, 0.15) is 16.7 Å². The topological polar surface area (TPSA) is 41.6 Å². The van der Waals surface area contributed by atoms with Gasteiger partial charge in [0.25, 0.3) is 0 Å². The number of nitrogens with zero attached hydrogens (tertiary/aromatic N) is 2. The zero-order chi connectivity index (χ0) is 17.1. The summed E-state index contributed by atoms with van der Waals surface area (Å²) in [7, 11) is 2.00. The standard InChI is InChI=1S/C20H22FN3/c1-14-6-5-7-15(10-14)11-23-20(16-8-3-4-9-18(16)21)17-12-24(2)13-19(17)22/h3-10H,11-13,22H2,1-2H3. The Kier molecular flexibility index (Phi) is 4.76. The van der Waals surface area contributed by atoms with Gasteiger partial charge in [0.2, 0.25) is 0 Å².